The molecule has 33 heavy (non-hydrogen) atoms. The molecule has 0 spiro atoms. The number of hydrogen-bond acceptors (Lipinski definition) is 4. The summed E-state index contributed by atoms with van der Waals surface area (Å²) in [5, 5.41) is 0.857. The van der Waals surface area contributed by atoms with Gasteiger partial charge in [-0.3, -0.25) is 4.31 Å². The molecule has 2 heterocycles. The minimum absolute atomic E-state index is 0.0378. The molecule has 0 saturated heterocycles. The van der Waals surface area contributed by atoms with Gasteiger partial charge in [0.15, 0.2) is 0 Å². The Labute approximate surface area is 196 Å². The van der Waals surface area contributed by atoms with Crippen LogP contribution in [-0.4, -0.2) is 13.4 Å². The topological polar surface area (TPSA) is 50.3 Å². The maximum atomic E-state index is 13.8. The predicted molar refractivity (Wildman–Crippen MR) is 121 cm³/mol. The number of aryl methyl sites for hydroxylation is 1. The molecule has 0 atom stereocenters. The Morgan fingerprint density at radius 3 is 2.48 bits per heavy atom. The first-order chi connectivity index (χ1) is 15.5. The number of rotatable bonds is 5. The second-order valence-corrected chi connectivity index (χ2v) is 10.4. The molecular formula is C22H15ClF4N2O2S2. The molecule has 2 aromatic heterocycles. The van der Waals surface area contributed by atoms with E-state index in [2.05, 4.69) is 4.98 Å². The van der Waals surface area contributed by atoms with E-state index in [0.29, 0.717) is 22.7 Å². The highest BCUT2D eigenvalue weighted by atomic mass is 35.5. The minimum atomic E-state index is -4.93. The van der Waals surface area contributed by atoms with E-state index in [1.165, 1.54) is 29.7 Å². The van der Waals surface area contributed by atoms with Crippen LogP contribution in [0.4, 0.5) is 22.6 Å². The molecule has 0 bridgehead atoms. The first-order valence-corrected chi connectivity index (χ1v) is 12.1. The third-order valence-electron chi connectivity index (χ3n) is 5.00. The van der Waals surface area contributed by atoms with E-state index in [9.17, 15) is 26.0 Å². The average molecular weight is 515 g/mol. The third-order valence-corrected chi connectivity index (χ3v) is 8.60. The summed E-state index contributed by atoms with van der Waals surface area (Å²) in [6, 6.07) is 12.3. The summed E-state index contributed by atoms with van der Waals surface area (Å²) in [4.78, 5) is 3.53. The van der Waals surface area contributed by atoms with Crippen molar-refractivity contribution in [1.29, 1.82) is 0 Å². The van der Waals surface area contributed by atoms with Crippen LogP contribution < -0.4 is 4.31 Å². The van der Waals surface area contributed by atoms with E-state index in [4.69, 9.17) is 11.6 Å². The van der Waals surface area contributed by atoms with Crippen molar-refractivity contribution in [1.82, 2.24) is 4.98 Å². The van der Waals surface area contributed by atoms with Gasteiger partial charge in [-0.15, -0.1) is 11.3 Å². The molecule has 0 radical (unpaired) electrons. The van der Waals surface area contributed by atoms with Crippen molar-refractivity contribution in [2.24, 2.45) is 0 Å². The Kier molecular flexibility index (Phi) is 6.10. The highest BCUT2D eigenvalue weighted by Gasteiger charge is 2.35. The molecule has 2 aromatic carbocycles. The van der Waals surface area contributed by atoms with E-state index in [1.807, 2.05) is 12.1 Å². The number of alkyl halides is 3. The zero-order chi connectivity index (χ0) is 24.0. The predicted octanol–water partition coefficient (Wildman–Crippen LogP) is 6.81. The highest BCUT2D eigenvalue weighted by molar-refractivity contribution is 7.93. The molecule has 0 N–H and O–H groups in total. The first kappa shape index (κ1) is 23.5. The van der Waals surface area contributed by atoms with Crippen molar-refractivity contribution in [3.05, 3.63) is 88.5 Å². The molecule has 0 saturated carbocycles. The van der Waals surface area contributed by atoms with E-state index in [0.717, 1.165) is 20.5 Å². The lowest BCUT2D eigenvalue weighted by atomic mass is 10.1. The van der Waals surface area contributed by atoms with Gasteiger partial charge in [-0.1, -0.05) is 35.9 Å². The van der Waals surface area contributed by atoms with Crippen LogP contribution in [0.25, 0.3) is 10.1 Å². The number of pyridine rings is 1. The molecule has 0 aliphatic rings. The number of halogens is 5. The largest absolute Gasteiger partial charge is 0.419 e. The van der Waals surface area contributed by atoms with E-state index in [1.54, 1.807) is 19.1 Å². The Hall–Kier alpha value is -2.69. The fourth-order valence-electron chi connectivity index (χ4n) is 3.40. The van der Waals surface area contributed by atoms with E-state index < -0.39 is 34.1 Å². The molecule has 0 amide bonds. The van der Waals surface area contributed by atoms with Crippen LogP contribution in [0.3, 0.4) is 0 Å². The van der Waals surface area contributed by atoms with Crippen LogP contribution in [0, 0.1) is 12.7 Å². The van der Waals surface area contributed by atoms with Crippen LogP contribution >= 0.6 is 22.9 Å². The molecule has 172 valence electrons. The number of benzene rings is 2. The van der Waals surface area contributed by atoms with Gasteiger partial charge in [-0.2, -0.15) is 13.2 Å². The SMILES string of the molecule is Cc1c(N(Cc2ccc(F)c(C(F)(F)F)c2)S(=O)(=O)c2cccnc2Cl)sc2ccccc12. The number of anilines is 1. The van der Waals surface area contributed by atoms with Gasteiger partial charge in [0.25, 0.3) is 10.0 Å². The van der Waals surface area contributed by atoms with Crippen molar-refractivity contribution in [2.45, 2.75) is 24.5 Å². The first-order valence-electron chi connectivity index (χ1n) is 9.47. The fraction of sp³-hybridized carbons (Fsp3) is 0.136. The quantitative estimate of drug-likeness (QED) is 0.217. The van der Waals surface area contributed by atoms with Crippen molar-refractivity contribution in [3.8, 4) is 0 Å². The summed E-state index contributed by atoms with van der Waals surface area (Å²) >= 11 is 7.23. The number of aromatic nitrogens is 1. The summed E-state index contributed by atoms with van der Waals surface area (Å²) in [5.74, 6) is -1.44. The van der Waals surface area contributed by atoms with Crippen LogP contribution in [0.5, 0.6) is 0 Å². The number of nitrogens with zero attached hydrogens (tertiary/aromatic N) is 2. The van der Waals surface area contributed by atoms with Gasteiger partial charge in [0.1, 0.15) is 20.9 Å². The lowest BCUT2D eigenvalue weighted by Crippen LogP contribution is -2.31. The second kappa shape index (κ2) is 8.58. The number of fused-ring (bicyclic) bond motifs is 1. The maximum absolute atomic E-state index is 13.8. The Bertz CT molecular complexity index is 1450. The van der Waals surface area contributed by atoms with Gasteiger partial charge in [-0.25, -0.2) is 17.8 Å². The Balaban J connectivity index is 1.91. The average Bonchev–Trinajstić information content (AvgIpc) is 3.08. The van der Waals surface area contributed by atoms with Gasteiger partial charge in [0.05, 0.1) is 12.1 Å². The third kappa shape index (κ3) is 4.42. The van der Waals surface area contributed by atoms with Gasteiger partial charge >= 0.3 is 6.18 Å². The monoisotopic (exact) mass is 514 g/mol. The smallest absolute Gasteiger partial charge is 0.252 e. The maximum Gasteiger partial charge on any atom is 0.419 e. The Morgan fingerprint density at radius 2 is 1.82 bits per heavy atom. The van der Waals surface area contributed by atoms with Crippen molar-refractivity contribution >= 4 is 48.0 Å². The van der Waals surface area contributed by atoms with E-state index in [-0.39, 0.29) is 15.6 Å². The zero-order valence-corrected chi connectivity index (χ0v) is 19.3. The number of sulfonamides is 1. The van der Waals surface area contributed by atoms with Gasteiger partial charge in [-0.05, 0) is 53.8 Å². The fourth-order valence-corrected chi connectivity index (χ4v) is 6.76. The summed E-state index contributed by atoms with van der Waals surface area (Å²) in [6.45, 7) is 1.26. The van der Waals surface area contributed by atoms with Crippen LogP contribution in [0.15, 0.2) is 65.7 Å². The van der Waals surface area contributed by atoms with Gasteiger partial charge < -0.3 is 0 Å². The molecular weight excluding hydrogens is 500 g/mol. The number of thiophene rings is 1. The van der Waals surface area contributed by atoms with Crippen LogP contribution in [-0.2, 0) is 22.7 Å². The molecule has 0 fully saturated rings. The van der Waals surface area contributed by atoms with Crippen molar-refractivity contribution < 1.29 is 26.0 Å². The van der Waals surface area contributed by atoms with Crippen LogP contribution in [0.1, 0.15) is 16.7 Å². The summed E-state index contributed by atoms with van der Waals surface area (Å²) in [6.07, 6.45) is -3.60. The molecule has 4 aromatic rings. The highest BCUT2D eigenvalue weighted by Crippen LogP contribution is 2.41. The normalized spacial score (nSPS) is 12.3. The minimum Gasteiger partial charge on any atom is -0.252 e. The Morgan fingerprint density at radius 1 is 1.09 bits per heavy atom. The standard InChI is InChI=1S/C22H15ClF4N2O2S2/c1-13-15-5-2-3-6-18(15)32-21(13)29(33(30,31)19-7-4-10-28-20(19)23)12-14-8-9-17(24)16(11-14)22(25,26)27/h2-11H,12H2,1H3. The molecule has 11 heteroatoms. The summed E-state index contributed by atoms with van der Waals surface area (Å²) in [7, 11) is -4.34. The molecule has 0 unspecified atom stereocenters. The molecule has 0 aliphatic carbocycles. The lowest BCUT2D eigenvalue weighted by Gasteiger charge is -2.25. The molecule has 4 nitrogen and oxygen atoms in total. The molecule has 4 rings (SSSR count). The van der Waals surface area contributed by atoms with Gasteiger partial charge in [0.2, 0.25) is 0 Å². The van der Waals surface area contributed by atoms with Gasteiger partial charge in [0, 0.05) is 10.9 Å². The van der Waals surface area contributed by atoms with Crippen LogP contribution in [0.2, 0.25) is 5.15 Å². The lowest BCUT2D eigenvalue weighted by molar-refractivity contribution is -0.140. The zero-order valence-electron chi connectivity index (χ0n) is 16.9. The summed E-state index contributed by atoms with van der Waals surface area (Å²) in [5.41, 5.74) is -0.869. The van der Waals surface area contributed by atoms with Crippen molar-refractivity contribution in [3.63, 3.8) is 0 Å². The molecule has 0 aliphatic heterocycles. The summed E-state index contributed by atoms with van der Waals surface area (Å²) < 4.78 is 82.6. The number of hydrogen-bond donors (Lipinski definition) is 0. The second-order valence-electron chi connectivity index (χ2n) is 7.14. The van der Waals surface area contributed by atoms with Crippen molar-refractivity contribution in [2.75, 3.05) is 4.31 Å². The van der Waals surface area contributed by atoms with E-state index >= 15 is 0 Å².